The Bertz CT molecular complexity index is 894. The van der Waals surface area contributed by atoms with E-state index in [1.165, 1.54) is 0 Å². The molecule has 4 rings (SSSR count). The van der Waals surface area contributed by atoms with Crippen LogP contribution >= 0.6 is 0 Å². The minimum absolute atomic E-state index is 0.0613. The third kappa shape index (κ3) is 5.07. The van der Waals surface area contributed by atoms with E-state index in [-0.39, 0.29) is 24.8 Å². The fourth-order valence-corrected chi connectivity index (χ4v) is 4.27. The molecule has 8 heteroatoms. The highest BCUT2D eigenvalue weighted by molar-refractivity contribution is 5.92. The Balaban J connectivity index is 1.52. The molecule has 0 aliphatic carbocycles. The fourth-order valence-electron chi connectivity index (χ4n) is 4.27. The number of amides is 2. The standard InChI is InChI=1S/C23H30N4O4/c1-25-20(10-11-24-25)22(29)27-14-15-31-23(17-27,18-30-19-8-4-2-5-9-19)16-21(28)26-12-6-3-7-13-26/h2,4-5,8-11H,3,6-7,12-18H2,1H3/t23-/m0/s1. The Morgan fingerprint density at radius 3 is 2.55 bits per heavy atom. The molecule has 3 heterocycles. The lowest BCUT2D eigenvalue weighted by molar-refractivity contribution is -0.153. The first-order valence-electron chi connectivity index (χ1n) is 10.9. The highest BCUT2D eigenvalue weighted by atomic mass is 16.5. The quantitative estimate of drug-likeness (QED) is 0.707. The normalized spacial score (nSPS) is 21.7. The SMILES string of the molecule is Cn1nccc1C(=O)N1CCO[C@@](COc2ccccc2)(CC(=O)N2CCCCC2)C1. The molecule has 0 unspecified atom stereocenters. The molecule has 1 aromatic carbocycles. The molecule has 2 saturated heterocycles. The van der Waals surface area contributed by atoms with Gasteiger partial charge in [0, 0.05) is 32.9 Å². The van der Waals surface area contributed by atoms with Crippen molar-refractivity contribution in [3.8, 4) is 5.75 Å². The van der Waals surface area contributed by atoms with Crippen molar-refractivity contribution >= 4 is 11.8 Å². The van der Waals surface area contributed by atoms with E-state index in [9.17, 15) is 9.59 Å². The topological polar surface area (TPSA) is 76.9 Å². The number of hydrogen-bond donors (Lipinski definition) is 0. The molecule has 166 valence electrons. The number of para-hydroxylation sites is 1. The molecule has 2 aliphatic heterocycles. The highest BCUT2D eigenvalue weighted by Gasteiger charge is 2.42. The number of carbonyl (C=O) groups is 2. The van der Waals surface area contributed by atoms with Crippen LogP contribution in [0.3, 0.4) is 0 Å². The van der Waals surface area contributed by atoms with Gasteiger partial charge in [0.2, 0.25) is 5.91 Å². The summed E-state index contributed by atoms with van der Waals surface area (Å²) in [6, 6.07) is 11.2. The van der Waals surface area contributed by atoms with Crippen LogP contribution in [-0.4, -0.2) is 76.4 Å². The van der Waals surface area contributed by atoms with Crippen LogP contribution in [0.25, 0.3) is 0 Å². The average Bonchev–Trinajstić information content (AvgIpc) is 3.24. The molecule has 1 atom stereocenters. The zero-order valence-electron chi connectivity index (χ0n) is 18.0. The van der Waals surface area contributed by atoms with Gasteiger partial charge in [-0.25, -0.2) is 0 Å². The van der Waals surface area contributed by atoms with E-state index in [2.05, 4.69) is 5.10 Å². The second kappa shape index (κ2) is 9.51. The molecule has 2 aliphatic rings. The van der Waals surface area contributed by atoms with Crippen molar-refractivity contribution in [1.29, 1.82) is 0 Å². The summed E-state index contributed by atoms with van der Waals surface area (Å²) in [7, 11) is 1.75. The van der Waals surface area contributed by atoms with Crippen molar-refractivity contribution in [2.75, 3.05) is 39.4 Å². The summed E-state index contributed by atoms with van der Waals surface area (Å²) in [5, 5.41) is 4.11. The predicted octanol–water partition coefficient (Wildman–Crippen LogP) is 2.11. The lowest BCUT2D eigenvalue weighted by Crippen LogP contribution is -2.58. The van der Waals surface area contributed by atoms with Gasteiger partial charge in [-0.15, -0.1) is 0 Å². The average molecular weight is 427 g/mol. The lowest BCUT2D eigenvalue weighted by atomic mass is 9.96. The molecule has 2 amide bonds. The molecule has 0 bridgehead atoms. The van der Waals surface area contributed by atoms with E-state index in [0.29, 0.717) is 31.1 Å². The second-order valence-corrected chi connectivity index (χ2v) is 8.32. The summed E-state index contributed by atoms with van der Waals surface area (Å²) < 4.78 is 13.8. The van der Waals surface area contributed by atoms with Crippen molar-refractivity contribution in [2.24, 2.45) is 7.05 Å². The van der Waals surface area contributed by atoms with Crippen LogP contribution in [0.15, 0.2) is 42.6 Å². The van der Waals surface area contributed by atoms with Gasteiger partial charge in [-0.05, 0) is 37.5 Å². The first-order chi connectivity index (χ1) is 15.1. The number of aromatic nitrogens is 2. The zero-order chi connectivity index (χ0) is 21.7. The lowest BCUT2D eigenvalue weighted by Gasteiger charge is -2.43. The predicted molar refractivity (Wildman–Crippen MR) is 115 cm³/mol. The Morgan fingerprint density at radius 2 is 1.84 bits per heavy atom. The van der Waals surface area contributed by atoms with Gasteiger partial charge >= 0.3 is 0 Å². The number of carbonyl (C=O) groups excluding carboxylic acids is 2. The number of likely N-dealkylation sites (tertiary alicyclic amines) is 1. The van der Waals surface area contributed by atoms with Crippen LogP contribution in [0.4, 0.5) is 0 Å². The van der Waals surface area contributed by atoms with Gasteiger partial charge in [-0.2, -0.15) is 5.10 Å². The molecule has 0 spiro atoms. The minimum atomic E-state index is -0.892. The summed E-state index contributed by atoms with van der Waals surface area (Å²) in [5.41, 5.74) is -0.376. The second-order valence-electron chi connectivity index (χ2n) is 8.32. The van der Waals surface area contributed by atoms with Gasteiger partial charge in [0.05, 0.1) is 19.6 Å². The maximum Gasteiger partial charge on any atom is 0.272 e. The van der Waals surface area contributed by atoms with E-state index in [1.54, 1.807) is 28.9 Å². The van der Waals surface area contributed by atoms with Gasteiger partial charge in [0.15, 0.2) is 0 Å². The summed E-state index contributed by atoms with van der Waals surface area (Å²) in [4.78, 5) is 29.9. The molecule has 0 radical (unpaired) electrons. The van der Waals surface area contributed by atoms with Crippen LogP contribution < -0.4 is 4.74 Å². The van der Waals surface area contributed by atoms with Gasteiger partial charge in [0.25, 0.3) is 5.91 Å². The minimum Gasteiger partial charge on any atom is -0.490 e. The third-order valence-electron chi connectivity index (χ3n) is 6.00. The largest absolute Gasteiger partial charge is 0.490 e. The van der Waals surface area contributed by atoms with Crippen LogP contribution in [-0.2, 0) is 16.6 Å². The van der Waals surface area contributed by atoms with Crippen molar-refractivity contribution < 1.29 is 19.1 Å². The maximum absolute atomic E-state index is 13.1. The summed E-state index contributed by atoms with van der Waals surface area (Å²) in [5.74, 6) is 0.662. The maximum atomic E-state index is 13.1. The third-order valence-corrected chi connectivity index (χ3v) is 6.00. The summed E-state index contributed by atoms with van der Waals surface area (Å²) in [6.45, 7) is 2.89. The van der Waals surface area contributed by atoms with Crippen molar-refractivity contribution in [3.63, 3.8) is 0 Å². The van der Waals surface area contributed by atoms with E-state index in [1.807, 2.05) is 35.2 Å². The Kier molecular flexibility index (Phi) is 6.56. The van der Waals surface area contributed by atoms with Crippen LogP contribution in [0, 0.1) is 0 Å². The number of morpholine rings is 1. The van der Waals surface area contributed by atoms with Crippen molar-refractivity contribution in [3.05, 3.63) is 48.3 Å². The molecular weight excluding hydrogens is 396 g/mol. The van der Waals surface area contributed by atoms with Crippen molar-refractivity contribution in [2.45, 2.75) is 31.3 Å². The highest BCUT2D eigenvalue weighted by Crippen LogP contribution is 2.27. The zero-order valence-corrected chi connectivity index (χ0v) is 18.0. The number of ether oxygens (including phenoxy) is 2. The molecule has 0 saturated carbocycles. The van der Waals surface area contributed by atoms with Crippen molar-refractivity contribution in [1.82, 2.24) is 19.6 Å². The van der Waals surface area contributed by atoms with Gasteiger partial charge < -0.3 is 19.3 Å². The van der Waals surface area contributed by atoms with E-state index < -0.39 is 5.60 Å². The number of nitrogens with zero attached hydrogens (tertiary/aromatic N) is 4. The first-order valence-corrected chi connectivity index (χ1v) is 10.9. The molecule has 1 aromatic heterocycles. The van der Waals surface area contributed by atoms with E-state index >= 15 is 0 Å². The fraction of sp³-hybridized carbons (Fsp3) is 0.522. The number of rotatable bonds is 6. The first kappa shape index (κ1) is 21.4. The molecule has 0 N–H and O–H groups in total. The number of piperidine rings is 1. The Hall–Kier alpha value is -2.87. The Morgan fingerprint density at radius 1 is 1.06 bits per heavy atom. The monoisotopic (exact) mass is 426 g/mol. The number of aryl methyl sites for hydroxylation is 1. The van der Waals surface area contributed by atoms with Gasteiger partial charge in [-0.3, -0.25) is 14.3 Å². The summed E-state index contributed by atoms with van der Waals surface area (Å²) in [6.07, 6.45) is 5.03. The van der Waals surface area contributed by atoms with E-state index in [0.717, 1.165) is 32.4 Å². The smallest absolute Gasteiger partial charge is 0.272 e. The molecule has 8 nitrogen and oxygen atoms in total. The van der Waals surface area contributed by atoms with Crippen LogP contribution in [0.2, 0.25) is 0 Å². The number of benzene rings is 1. The molecule has 31 heavy (non-hydrogen) atoms. The molecular formula is C23H30N4O4. The molecule has 2 fully saturated rings. The number of hydrogen-bond acceptors (Lipinski definition) is 5. The molecule has 2 aromatic rings. The van der Waals surface area contributed by atoms with Crippen LogP contribution in [0.1, 0.15) is 36.2 Å². The summed E-state index contributed by atoms with van der Waals surface area (Å²) >= 11 is 0. The van der Waals surface area contributed by atoms with Crippen LogP contribution in [0.5, 0.6) is 5.75 Å². The van der Waals surface area contributed by atoms with Gasteiger partial charge in [-0.1, -0.05) is 18.2 Å². The van der Waals surface area contributed by atoms with E-state index in [4.69, 9.17) is 9.47 Å². The van der Waals surface area contributed by atoms with Gasteiger partial charge in [0.1, 0.15) is 23.7 Å². The Labute approximate surface area is 182 Å².